The molecule has 5 heteroatoms. The number of fused-ring (bicyclic) bond motifs is 1. The molecule has 0 N–H and O–H groups in total. The van der Waals surface area contributed by atoms with Crippen molar-refractivity contribution in [3.05, 3.63) is 53.1 Å². The van der Waals surface area contributed by atoms with Gasteiger partial charge in [-0.15, -0.1) is 0 Å². The second kappa shape index (κ2) is 7.14. The van der Waals surface area contributed by atoms with Crippen molar-refractivity contribution >= 4 is 17.3 Å². The number of anilines is 1. The predicted molar refractivity (Wildman–Crippen MR) is 101 cm³/mol. The number of benzene rings is 2. The molecule has 4 rings (SSSR count). The van der Waals surface area contributed by atoms with Crippen molar-refractivity contribution in [3.63, 3.8) is 0 Å². The Labute approximate surface area is 153 Å². The lowest BCUT2D eigenvalue weighted by Crippen LogP contribution is -2.50. The van der Waals surface area contributed by atoms with Crippen molar-refractivity contribution < 1.29 is 9.47 Å². The van der Waals surface area contributed by atoms with Crippen molar-refractivity contribution in [3.8, 4) is 11.5 Å². The maximum atomic E-state index is 6.33. The zero-order chi connectivity index (χ0) is 17.2. The molecule has 2 heterocycles. The molecule has 2 aliphatic rings. The Morgan fingerprint density at radius 2 is 1.76 bits per heavy atom. The van der Waals surface area contributed by atoms with E-state index in [1.807, 2.05) is 18.2 Å². The summed E-state index contributed by atoms with van der Waals surface area (Å²) in [6.45, 7) is 6.76. The highest BCUT2D eigenvalue weighted by Gasteiger charge is 2.23. The Morgan fingerprint density at radius 3 is 2.56 bits per heavy atom. The molecule has 0 spiro atoms. The van der Waals surface area contributed by atoms with Crippen LogP contribution in [-0.4, -0.2) is 43.9 Å². The van der Waals surface area contributed by atoms with Gasteiger partial charge in [0, 0.05) is 32.2 Å². The van der Waals surface area contributed by atoms with Crippen molar-refractivity contribution in [2.45, 2.75) is 19.4 Å². The topological polar surface area (TPSA) is 24.9 Å². The third kappa shape index (κ3) is 3.55. The Hall–Kier alpha value is -1.91. The van der Waals surface area contributed by atoms with E-state index in [0.717, 1.165) is 54.8 Å². The minimum absolute atomic E-state index is 0.332. The summed E-state index contributed by atoms with van der Waals surface area (Å²) in [6, 6.07) is 14.9. The third-order valence-electron chi connectivity index (χ3n) is 5.10. The standard InChI is InChI=1S/C20H23ClN2O2/c1-15(12-16-6-7-19-20(13-16)25-14-24-19)22-8-10-23(11-9-22)18-5-3-2-4-17(18)21/h2-7,13,15H,8-12,14H2,1H3. The molecule has 4 nitrogen and oxygen atoms in total. The van der Waals surface area contributed by atoms with Crippen molar-refractivity contribution in [2.24, 2.45) is 0 Å². The molecule has 1 unspecified atom stereocenters. The largest absolute Gasteiger partial charge is 0.454 e. The van der Waals surface area contributed by atoms with Gasteiger partial charge in [0.2, 0.25) is 6.79 Å². The first-order valence-electron chi connectivity index (χ1n) is 8.83. The van der Waals surface area contributed by atoms with Crippen LogP contribution in [0.4, 0.5) is 5.69 Å². The third-order valence-corrected chi connectivity index (χ3v) is 5.42. The molecule has 0 saturated carbocycles. The van der Waals surface area contributed by atoms with E-state index in [9.17, 15) is 0 Å². The van der Waals surface area contributed by atoms with E-state index >= 15 is 0 Å². The SMILES string of the molecule is CC(Cc1ccc2c(c1)OCO2)N1CCN(c2ccccc2Cl)CC1. The van der Waals surface area contributed by atoms with E-state index in [1.54, 1.807) is 0 Å². The molecular formula is C20H23ClN2O2. The summed E-state index contributed by atoms with van der Waals surface area (Å²) in [5.41, 5.74) is 2.44. The van der Waals surface area contributed by atoms with Gasteiger partial charge in [0.05, 0.1) is 10.7 Å². The van der Waals surface area contributed by atoms with Crippen molar-refractivity contribution in [1.82, 2.24) is 4.90 Å². The van der Waals surface area contributed by atoms with Gasteiger partial charge >= 0.3 is 0 Å². The molecule has 1 atom stereocenters. The fraction of sp³-hybridized carbons (Fsp3) is 0.400. The summed E-state index contributed by atoms with van der Waals surface area (Å²) < 4.78 is 10.9. The van der Waals surface area contributed by atoms with Crippen LogP contribution in [0.15, 0.2) is 42.5 Å². The lowest BCUT2D eigenvalue weighted by Gasteiger charge is -2.39. The van der Waals surface area contributed by atoms with Crippen LogP contribution in [-0.2, 0) is 6.42 Å². The second-order valence-corrected chi connectivity index (χ2v) is 7.12. The number of para-hydroxylation sites is 1. The molecule has 132 valence electrons. The van der Waals surface area contributed by atoms with E-state index in [4.69, 9.17) is 21.1 Å². The van der Waals surface area contributed by atoms with E-state index < -0.39 is 0 Å². The molecule has 0 amide bonds. The fourth-order valence-corrected chi connectivity index (χ4v) is 3.91. The minimum atomic E-state index is 0.332. The van der Waals surface area contributed by atoms with Gasteiger partial charge < -0.3 is 14.4 Å². The van der Waals surface area contributed by atoms with Gasteiger partial charge in [-0.25, -0.2) is 0 Å². The number of ether oxygens (including phenoxy) is 2. The molecule has 1 fully saturated rings. The van der Waals surface area contributed by atoms with Gasteiger partial charge in [-0.3, -0.25) is 4.90 Å². The average Bonchev–Trinajstić information content (AvgIpc) is 3.10. The highest BCUT2D eigenvalue weighted by Crippen LogP contribution is 2.33. The van der Waals surface area contributed by atoms with Crippen LogP contribution < -0.4 is 14.4 Å². The number of hydrogen-bond acceptors (Lipinski definition) is 4. The average molecular weight is 359 g/mol. The van der Waals surface area contributed by atoms with E-state index in [2.05, 4.69) is 41.0 Å². The monoisotopic (exact) mass is 358 g/mol. The first-order chi connectivity index (χ1) is 12.2. The summed E-state index contributed by atoms with van der Waals surface area (Å²) >= 11 is 6.33. The normalized spacial score (nSPS) is 18.4. The van der Waals surface area contributed by atoms with Crippen LogP contribution in [0.25, 0.3) is 0 Å². The Kier molecular flexibility index (Phi) is 4.73. The Morgan fingerprint density at radius 1 is 1.00 bits per heavy atom. The molecule has 2 aromatic rings. The fourth-order valence-electron chi connectivity index (χ4n) is 3.65. The Bertz CT molecular complexity index is 744. The van der Waals surface area contributed by atoms with Crippen LogP contribution in [0.3, 0.4) is 0 Å². The summed E-state index contributed by atoms with van der Waals surface area (Å²) in [6.07, 6.45) is 1.02. The van der Waals surface area contributed by atoms with Gasteiger partial charge in [-0.05, 0) is 43.2 Å². The summed E-state index contributed by atoms with van der Waals surface area (Å²) in [7, 11) is 0. The number of rotatable bonds is 4. The van der Waals surface area contributed by atoms with Gasteiger partial charge in [0.1, 0.15) is 0 Å². The van der Waals surface area contributed by atoms with E-state index in [0.29, 0.717) is 12.8 Å². The number of hydrogen-bond donors (Lipinski definition) is 0. The summed E-state index contributed by atoms with van der Waals surface area (Å²) in [5, 5.41) is 0.837. The first kappa shape index (κ1) is 16.6. The molecule has 0 aliphatic carbocycles. The lowest BCUT2D eigenvalue weighted by molar-refractivity contribution is 0.174. The molecule has 0 aromatic heterocycles. The van der Waals surface area contributed by atoms with E-state index in [1.165, 1.54) is 5.56 Å². The highest BCUT2D eigenvalue weighted by atomic mass is 35.5. The van der Waals surface area contributed by atoms with Gasteiger partial charge in [0.25, 0.3) is 0 Å². The molecule has 2 aliphatic heterocycles. The zero-order valence-corrected chi connectivity index (χ0v) is 15.2. The van der Waals surface area contributed by atoms with E-state index in [-0.39, 0.29) is 0 Å². The summed E-state index contributed by atoms with van der Waals surface area (Å²) in [5.74, 6) is 1.72. The zero-order valence-electron chi connectivity index (χ0n) is 14.5. The van der Waals surface area contributed by atoms with Crippen molar-refractivity contribution in [1.29, 1.82) is 0 Å². The predicted octanol–water partition coefficient (Wildman–Crippen LogP) is 3.82. The molecule has 0 bridgehead atoms. The van der Waals surface area contributed by atoms with Gasteiger partial charge in [0.15, 0.2) is 11.5 Å². The number of halogens is 1. The molecule has 0 radical (unpaired) electrons. The van der Waals surface area contributed by atoms with Crippen LogP contribution in [0.5, 0.6) is 11.5 Å². The lowest BCUT2D eigenvalue weighted by atomic mass is 10.0. The number of nitrogens with zero attached hydrogens (tertiary/aromatic N) is 2. The quantitative estimate of drug-likeness (QED) is 0.829. The number of piperazine rings is 1. The van der Waals surface area contributed by atoms with Gasteiger partial charge in [-0.1, -0.05) is 29.8 Å². The molecular weight excluding hydrogens is 336 g/mol. The molecule has 2 aromatic carbocycles. The van der Waals surface area contributed by atoms with Crippen LogP contribution in [0, 0.1) is 0 Å². The minimum Gasteiger partial charge on any atom is -0.454 e. The molecule has 25 heavy (non-hydrogen) atoms. The second-order valence-electron chi connectivity index (χ2n) is 6.72. The first-order valence-corrected chi connectivity index (χ1v) is 9.20. The van der Waals surface area contributed by atoms with Gasteiger partial charge in [-0.2, -0.15) is 0 Å². The Balaban J connectivity index is 1.35. The molecule has 1 saturated heterocycles. The van der Waals surface area contributed by atoms with Crippen LogP contribution >= 0.6 is 11.6 Å². The van der Waals surface area contributed by atoms with Crippen LogP contribution in [0.1, 0.15) is 12.5 Å². The van der Waals surface area contributed by atoms with Crippen molar-refractivity contribution in [2.75, 3.05) is 37.9 Å². The van der Waals surface area contributed by atoms with Crippen LogP contribution in [0.2, 0.25) is 5.02 Å². The summed E-state index contributed by atoms with van der Waals surface area (Å²) in [4.78, 5) is 4.93. The maximum Gasteiger partial charge on any atom is 0.231 e. The highest BCUT2D eigenvalue weighted by molar-refractivity contribution is 6.33. The maximum absolute atomic E-state index is 6.33. The smallest absolute Gasteiger partial charge is 0.231 e.